The van der Waals surface area contributed by atoms with E-state index in [0.717, 1.165) is 5.56 Å². The molecule has 2 N–H and O–H groups in total. The Hall–Kier alpha value is -3.86. The van der Waals surface area contributed by atoms with E-state index >= 15 is 0 Å². The van der Waals surface area contributed by atoms with Crippen molar-refractivity contribution in [2.45, 2.75) is 19.0 Å². The summed E-state index contributed by atoms with van der Waals surface area (Å²) in [6.07, 6.45) is 0. The van der Waals surface area contributed by atoms with Gasteiger partial charge in [-0.25, -0.2) is 9.18 Å². The third-order valence-corrected chi connectivity index (χ3v) is 5.16. The predicted octanol–water partition coefficient (Wildman–Crippen LogP) is 1.73. The highest BCUT2D eigenvalue weighted by Gasteiger charge is 2.48. The average molecular weight is 407 g/mol. The van der Waals surface area contributed by atoms with E-state index < -0.39 is 23.3 Å². The number of rotatable bonds is 3. The molecule has 4 rings (SSSR count). The molecule has 0 bridgehead atoms. The number of urea groups is 1. The van der Waals surface area contributed by atoms with E-state index in [1.807, 2.05) is 0 Å². The van der Waals surface area contributed by atoms with Crippen molar-refractivity contribution in [1.29, 1.82) is 0 Å². The molecule has 0 radical (unpaired) electrons. The van der Waals surface area contributed by atoms with Crippen molar-refractivity contribution in [2.24, 2.45) is 0 Å². The summed E-state index contributed by atoms with van der Waals surface area (Å²) in [5, 5.41) is 4.74. The van der Waals surface area contributed by atoms with Gasteiger partial charge in [0.2, 0.25) is 5.54 Å². The first kappa shape index (κ1) is 19.5. The van der Waals surface area contributed by atoms with Crippen molar-refractivity contribution in [2.75, 3.05) is 13.7 Å². The number of halogens is 1. The third kappa shape index (κ3) is 3.35. The van der Waals surface area contributed by atoms with Gasteiger partial charge in [0.25, 0.3) is 11.8 Å². The number of hydrogen-bond donors (Lipinski definition) is 2. The number of imide groups is 1. The lowest BCUT2D eigenvalue weighted by Crippen LogP contribution is -2.54. The number of carbonyl (C=O) groups excluding carboxylic acids is 3. The van der Waals surface area contributed by atoms with E-state index in [2.05, 4.69) is 22.5 Å². The molecule has 0 spiro atoms. The molecule has 4 amide bonds. The summed E-state index contributed by atoms with van der Waals surface area (Å²) in [6.45, 7) is 1.84. The number of nitrogens with one attached hydrogen (secondary N) is 2. The molecule has 0 aliphatic carbocycles. The molecule has 152 valence electrons. The molecule has 7 nitrogen and oxygen atoms in total. The lowest BCUT2D eigenvalue weighted by molar-refractivity contribution is -0.122. The Labute approximate surface area is 172 Å². The lowest BCUT2D eigenvalue weighted by atomic mass is 9.98. The van der Waals surface area contributed by atoms with Crippen LogP contribution in [0.3, 0.4) is 0 Å². The van der Waals surface area contributed by atoms with E-state index in [1.54, 1.807) is 25.1 Å². The molecule has 0 unspecified atom stereocenters. The van der Waals surface area contributed by atoms with Crippen LogP contribution in [0.1, 0.15) is 27.0 Å². The smallest absolute Gasteiger partial charge is 0.323 e. The summed E-state index contributed by atoms with van der Waals surface area (Å²) in [7, 11) is 1.51. The monoisotopic (exact) mass is 407 g/mol. The van der Waals surface area contributed by atoms with Crippen LogP contribution in [0, 0.1) is 24.6 Å². The maximum Gasteiger partial charge on any atom is 0.323 e. The summed E-state index contributed by atoms with van der Waals surface area (Å²) in [5.41, 5.74) is 0.781. The van der Waals surface area contributed by atoms with Crippen LogP contribution >= 0.6 is 0 Å². The van der Waals surface area contributed by atoms with Crippen LogP contribution in [-0.2, 0) is 11.3 Å². The van der Waals surface area contributed by atoms with Crippen molar-refractivity contribution < 1.29 is 23.5 Å². The van der Waals surface area contributed by atoms with E-state index in [-0.39, 0.29) is 19.0 Å². The van der Waals surface area contributed by atoms with Gasteiger partial charge in [-0.05, 0) is 48.4 Å². The second kappa shape index (κ2) is 7.19. The number of fused-ring (bicyclic) bond motifs is 1. The van der Waals surface area contributed by atoms with E-state index in [4.69, 9.17) is 4.74 Å². The molecule has 2 heterocycles. The fourth-order valence-corrected chi connectivity index (χ4v) is 3.55. The van der Waals surface area contributed by atoms with Crippen molar-refractivity contribution >= 4 is 17.8 Å². The van der Waals surface area contributed by atoms with Gasteiger partial charge in [-0.2, -0.15) is 0 Å². The number of nitrogens with zero attached hydrogens (tertiary/aromatic N) is 1. The molecule has 30 heavy (non-hydrogen) atoms. The molecular formula is C22H18FN3O4. The molecule has 2 aliphatic rings. The summed E-state index contributed by atoms with van der Waals surface area (Å²) in [5.74, 6) is 4.91. The summed E-state index contributed by atoms with van der Waals surface area (Å²) in [6, 6.07) is 8.61. The molecule has 0 aromatic heterocycles. The van der Waals surface area contributed by atoms with Crippen molar-refractivity contribution in [1.82, 2.24) is 15.5 Å². The Morgan fingerprint density at radius 1 is 1.20 bits per heavy atom. The first-order valence-electron chi connectivity index (χ1n) is 9.20. The van der Waals surface area contributed by atoms with Crippen LogP contribution in [0.2, 0.25) is 0 Å². The topological polar surface area (TPSA) is 87.7 Å². The van der Waals surface area contributed by atoms with Crippen molar-refractivity contribution in [3.63, 3.8) is 0 Å². The van der Waals surface area contributed by atoms with Crippen LogP contribution in [0.25, 0.3) is 0 Å². The Balaban J connectivity index is 1.66. The number of carbonyl (C=O) groups is 3. The standard InChI is InChI=1S/C22H18FN3O4/c1-13-9-16(23)5-3-14(13)7-8-22(20(28)24-21(29)25-22)12-26-11-15-4-6-17(30-2)10-18(15)19(26)27/h3-6,9-10H,11-12H2,1-2H3,(H2,24,25,28,29)/t22-/m1/s1. The Bertz CT molecular complexity index is 1150. The normalized spacial score (nSPS) is 19.7. The number of methoxy groups -OCH3 is 1. The largest absolute Gasteiger partial charge is 0.497 e. The van der Waals surface area contributed by atoms with Crippen LogP contribution in [0.4, 0.5) is 9.18 Å². The molecule has 2 aromatic carbocycles. The summed E-state index contributed by atoms with van der Waals surface area (Å²) >= 11 is 0. The average Bonchev–Trinajstić information content (AvgIpc) is 3.16. The quantitative estimate of drug-likeness (QED) is 0.599. The Morgan fingerprint density at radius 2 is 2.00 bits per heavy atom. The van der Waals surface area contributed by atoms with Gasteiger partial charge in [0.1, 0.15) is 11.6 Å². The number of ether oxygens (including phenoxy) is 1. The van der Waals surface area contributed by atoms with Gasteiger partial charge < -0.3 is 15.0 Å². The van der Waals surface area contributed by atoms with Gasteiger partial charge in [0, 0.05) is 17.7 Å². The molecule has 2 aliphatic heterocycles. The van der Waals surface area contributed by atoms with Crippen LogP contribution in [0.15, 0.2) is 36.4 Å². The van der Waals surface area contributed by atoms with Crippen LogP contribution in [0.5, 0.6) is 5.75 Å². The highest BCUT2D eigenvalue weighted by Crippen LogP contribution is 2.28. The summed E-state index contributed by atoms with van der Waals surface area (Å²) in [4.78, 5) is 38.8. The van der Waals surface area contributed by atoms with Gasteiger partial charge in [-0.1, -0.05) is 17.9 Å². The molecular weight excluding hydrogens is 389 g/mol. The molecule has 1 saturated heterocycles. The SMILES string of the molecule is COc1ccc2c(c1)C(=O)N(C[C@@]1(C#Cc3ccc(F)cc3C)NC(=O)NC1=O)C2. The lowest BCUT2D eigenvalue weighted by Gasteiger charge is -2.26. The van der Waals surface area contributed by atoms with Crippen LogP contribution in [-0.4, -0.2) is 41.9 Å². The van der Waals surface area contributed by atoms with Crippen molar-refractivity contribution in [3.05, 3.63) is 64.5 Å². The maximum atomic E-state index is 13.4. The number of aryl methyl sites for hydroxylation is 1. The minimum Gasteiger partial charge on any atom is -0.497 e. The maximum absolute atomic E-state index is 13.4. The molecule has 1 fully saturated rings. The summed E-state index contributed by atoms with van der Waals surface area (Å²) < 4.78 is 18.5. The Morgan fingerprint density at radius 3 is 2.67 bits per heavy atom. The van der Waals surface area contributed by atoms with E-state index in [0.29, 0.717) is 22.4 Å². The fraction of sp³-hybridized carbons (Fsp3) is 0.227. The Kier molecular flexibility index (Phi) is 4.66. The first-order chi connectivity index (χ1) is 14.3. The first-order valence-corrected chi connectivity index (χ1v) is 9.20. The molecule has 2 aromatic rings. The van der Waals surface area contributed by atoms with Gasteiger partial charge in [-0.15, -0.1) is 0 Å². The van der Waals surface area contributed by atoms with Gasteiger partial charge >= 0.3 is 6.03 Å². The van der Waals surface area contributed by atoms with Crippen LogP contribution < -0.4 is 15.4 Å². The van der Waals surface area contributed by atoms with Crippen molar-refractivity contribution in [3.8, 4) is 17.6 Å². The second-order valence-electron chi connectivity index (χ2n) is 7.21. The number of amides is 4. The molecule has 1 atom stereocenters. The predicted molar refractivity (Wildman–Crippen MR) is 105 cm³/mol. The van der Waals surface area contributed by atoms with Gasteiger partial charge in [-0.3, -0.25) is 14.9 Å². The van der Waals surface area contributed by atoms with Gasteiger partial charge in [0.15, 0.2) is 0 Å². The second-order valence-corrected chi connectivity index (χ2v) is 7.21. The highest BCUT2D eigenvalue weighted by atomic mass is 19.1. The minimum absolute atomic E-state index is 0.131. The molecule has 8 heteroatoms. The third-order valence-electron chi connectivity index (χ3n) is 5.16. The zero-order valence-electron chi connectivity index (χ0n) is 16.3. The highest BCUT2D eigenvalue weighted by molar-refractivity contribution is 6.10. The number of benzene rings is 2. The van der Waals surface area contributed by atoms with E-state index in [1.165, 1.54) is 30.2 Å². The molecule has 0 saturated carbocycles. The number of hydrogen-bond acceptors (Lipinski definition) is 4. The zero-order valence-corrected chi connectivity index (χ0v) is 16.3. The van der Waals surface area contributed by atoms with E-state index in [9.17, 15) is 18.8 Å². The van der Waals surface area contributed by atoms with Gasteiger partial charge in [0.05, 0.1) is 13.7 Å². The zero-order chi connectivity index (χ0) is 21.5. The minimum atomic E-state index is -1.61. The fourth-order valence-electron chi connectivity index (χ4n) is 3.55.